The van der Waals surface area contributed by atoms with Crippen LogP contribution in [0.3, 0.4) is 0 Å². The van der Waals surface area contributed by atoms with Gasteiger partial charge in [-0.15, -0.1) is 0 Å². The Morgan fingerprint density at radius 2 is 2.00 bits per heavy atom. The Labute approximate surface area is 117 Å². The van der Waals surface area contributed by atoms with Gasteiger partial charge in [-0.2, -0.15) is 0 Å². The second-order valence-corrected chi connectivity index (χ2v) is 5.90. The number of hydrogen-bond acceptors (Lipinski definition) is 4. The number of thiocarbonyl (C=S) groups is 1. The van der Waals surface area contributed by atoms with E-state index in [-0.39, 0.29) is 11.9 Å². The highest BCUT2D eigenvalue weighted by Crippen LogP contribution is 2.30. The Hall–Kier alpha value is -0.620. The van der Waals surface area contributed by atoms with E-state index in [9.17, 15) is 5.11 Å². The third-order valence-electron chi connectivity index (χ3n) is 2.85. The van der Waals surface area contributed by atoms with Gasteiger partial charge in [-0.05, 0) is 5.56 Å². The zero-order chi connectivity index (χ0) is 12.8. The molecule has 2 rings (SSSR count). The molecule has 1 aliphatic heterocycles. The number of nitrogens with zero attached hydrogens (tertiary/aromatic N) is 1. The van der Waals surface area contributed by atoms with Crippen LogP contribution in [0, 0.1) is 0 Å². The highest BCUT2D eigenvalue weighted by atomic mass is 32.2. The number of benzene rings is 1. The summed E-state index contributed by atoms with van der Waals surface area (Å²) in [4.78, 5) is 2.15. The van der Waals surface area contributed by atoms with Gasteiger partial charge in [-0.25, -0.2) is 0 Å². The predicted molar refractivity (Wildman–Crippen MR) is 78.8 cm³/mol. The van der Waals surface area contributed by atoms with Crippen molar-refractivity contribution in [3.8, 4) is 0 Å². The van der Waals surface area contributed by atoms with Crippen LogP contribution in [0.1, 0.15) is 10.8 Å². The van der Waals surface area contributed by atoms with Gasteiger partial charge in [0, 0.05) is 13.1 Å². The molecule has 0 bridgehead atoms. The molecule has 18 heavy (non-hydrogen) atoms. The third kappa shape index (κ3) is 3.68. The molecule has 1 fully saturated rings. The number of aliphatic hydroxyl groups excluding tert-OH is 1. The first-order chi connectivity index (χ1) is 8.81. The fourth-order valence-corrected chi connectivity index (χ4v) is 3.29. The standard InChI is InChI=1S/C13H17NO2S2/c15-10-12(11-4-2-1-3-5-11)18-13(17)14-6-8-16-9-7-14/h1-5,12,15H,6-10H2. The van der Waals surface area contributed by atoms with E-state index >= 15 is 0 Å². The molecule has 0 spiro atoms. The van der Waals surface area contributed by atoms with E-state index in [4.69, 9.17) is 17.0 Å². The molecule has 0 aromatic heterocycles. The number of hydrogen-bond donors (Lipinski definition) is 1. The Bertz CT molecular complexity index is 380. The molecule has 1 unspecified atom stereocenters. The van der Waals surface area contributed by atoms with Crippen LogP contribution in [0.15, 0.2) is 30.3 Å². The van der Waals surface area contributed by atoms with Crippen LogP contribution in [0.25, 0.3) is 0 Å². The number of rotatable bonds is 3. The van der Waals surface area contributed by atoms with Crippen molar-refractivity contribution < 1.29 is 9.84 Å². The van der Waals surface area contributed by atoms with Gasteiger partial charge in [0.15, 0.2) is 0 Å². The molecule has 0 radical (unpaired) electrons. The highest BCUT2D eigenvalue weighted by Gasteiger charge is 2.19. The monoisotopic (exact) mass is 283 g/mol. The van der Waals surface area contributed by atoms with Crippen LogP contribution in [-0.4, -0.2) is 47.2 Å². The molecule has 1 heterocycles. The van der Waals surface area contributed by atoms with Gasteiger partial charge in [-0.1, -0.05) is 54.3 Å². The van der Waals surface area contributed by atoms with Gasteiger partial charge in [0.1, 0.15) is 4.32 Å². The van der Waals surface area contributed by atoms with Gasteiger partial charge in [0.05, 0.1) is 25.1 Å². The number of thioether (sulfide) groups is 1. The largest absolute Gasteiger partial charge is 0.395 e. The molecule has 1 atom stereocenters. The summed E-state index contributed by atoms with van der Waals surface area (Å²) in [5, 5.41) is 9.52. The summed E-state index contributed by atoms with van der Waals surface area (Å²) >= 11 is 6.99. The lowest BCUT2D eigenvalue weighted by Gasteiger charge is -2.30. The number of ether oxygens (including phenoxy) is 1. The van der Waals surface area contributed by atoms with Crippen LogP contribution in [0.5, 0.6) is 0 Å². The SMILES string of the molecule is OCC(SC(=S)N1CCOCC1)c1ccccc1. The van der Waals surface area contributed by atoms with Gasteiger partial charge < -0.3 is 14.7 Å². The molecule has 1 aromatic carbocycles. The van der Waals surface area contributed by atoms with Crippen molar-refractivity contribution >= 4 is 28.3 Å². The molecule has 0 amide bonds. The smallest absolute Gasteiger partial charge is 0.137 e. The van der Waals surface area contributed by atoms with E-state index in [0.717, 1.165) is 36.2 Å². The average Bonchev–Trinajstić information content (AvgIpc) is 2.46. The second-order valence-electron chi connectivity index (χ2n) is 4.07. The van der Waals surface area contributed by atoms with Crippen LogP contribution in [0.4, 0.5) is 0 Å². The van der Waals surface area contributed by atoms with E-state index in [1.54, 1.807) is 11.8 Å². The van der Waals surface area contributed by atoms with Crippen molar-refractivity contribution in [1.82, 2.24) is 4.90 Å². The molecule has 1 saturated heterocycles. The van der Waals surface area contributed by atoms with Crippen molar-refractivity contribution in [3.63, 3.8) is 0 Å². The summed E-state index contributed by atoms with van der Waals surface area (Å²) in [6.07, 6.45) is 0. The Morgan fingerprint density at radius 3 is 2.61 bits per heavy atom. The number of aliphatic hydroxyl groups is 1. The Balaban J connectivity index is 1.95. The molecule has 0 saturated carbocycles. The molecule has 3 nitrogen and oxygen atoms in total. The molecule has 5 heteroatoms. The molecule has 1 N–H and O–H groups in total. The van der Waals surface area contributed by atoms with Crippen molar-refractivity contribution in [1.29, 1.82) is 0 Å². The maximum Gasteiger partial charge on any atom is 0.137 e. The second kappa shape index (κ2) is 7.09. The zero-order valence-corrected chi connectivity index (χ0v) is 11.8. The summed E-state index contributed by atoms with van der Waals surface area (Å²) < 4.78 is 6.15. The predicted octanol–water partition coefficient (Wildman–Crippen LogP) is 2.07. The lowest BCUT2D eigenvalue weighted by molar-refractivity contribution is 0.0702. The molecule has 0 aliphatic carbocycles. The van der Waals surface area contributed by atoms with Gasteiger partial charge in [-0.3, -0.25) is 0 Å². The van der Waals surface area contributed by atoms with Gasteiger partial charge >= 0.3 is 0 Å². The first kappa shape index (κ1) is 13.8. The zero-order valence-electron chi connectivity index (χ0n) is 10.1. The van der Waals surface area contributed by atoms with E-state index in [2.05, 4.69) is 4.90 Å². The molecular weight excluding hydrogens is 266 g/mol. The Morgan fingerprint density at radius 1 is 1.33 bits per heavy atom. The third-order valence-corrected chi connectivity index (χ3v) is 4.56. The topological polar surface area (TPSA) is 32.7 Å². The minimum Gasteiger partial charge on any atom is -0.395 e. The first-order valence-electron chi connectivity index (χ1n) is 6.00. The molecular formula is C13H17NO2S2. The van der Waals surface area contributed by atoms with Crippen LogP contribution < -0.4 is 0 Å². The summed E-state index contributed by atoms with van der Waals surface area (Å²) in [6, 6.07) is 9.99. The van der Waals surface area contributed by atoms with Crippen LogP contribution >= 0.6 is 24.0 Å². The number of morpholine rings is 1. The van der Waals surface area contributed by atoms with E-state index in [1.165, 1.54) is 0 Å². The summed E-state index contributed by atoms with van der Waals surface area (Å²) in [6.45, 7) is 3.25. The molecule has 98 valence electrons. The van der Waals surface area contributed by atoms with E-state index < -0.39 is 0 Å². The van der Waals surface area contributed by atoms with Crippen LogP contribution in [-0.2, 0) is 4.74 Å². The minimum absolute atomic E-state index is 0.0153. The lowest BCUT2D eigenvalue weighted by atomic mass is 10.2. The summed E-state index contributed by atoms with van der Waals surface area (Å²) in [7, 11) is 0. The van der Waals surface area contributed by atoms with Crippen molar-refractivity contribution in [2.75, 3.05) is 32.9 Å². The average molecular weight is 283 g/mol. The maximum atomic E-state index is 9.50. The summed E-state index contributed by atoms with van der Waals surface area (Å²) in [5.74, 6) is 0. The fraction of sp³-hybridized carbons (Fsp3) is 0.462. The highest BCUT2D eigenvalue weighted by molar-refractivity contribution is 8.23. The molecule has 1 aromatic rings. The van der Waals surface area contributed by atoms with E-state index in [1.807, 2.05) is 30.3 Å². The fourth-order valence-electron chi connectivity index (χ4n) is 1.82. The van der Waals surface area contributed by atoms with E-state index in [0.29, 0.717) is 0 Å². The first-order valence-corrected chi connectivity index (χ1v) is 7.29. The summed E-state index contributed by atoms with van der Waals surface area (Å²) in [5.41, 5.74) is 1.11. The van der Waals surface area contributed by atoms with Crippen molar-refractivity contribution in [2.45, 2.75) is 5.25 Å². The van der Waals surface area contributed by atoms with Gasteiger partial charge in [0.25, 0.3) is 0 Å². The lowest BCUT2D eigenvalue weighted by Crippen LogP contribution is -2.38. The van der Waals surface area contributed by atoms with Crippen LogP contribution in [0.2, 0.25) is 0 Å². The quantitative estimate of drug-likeness (QED) is 0.859. The normalized spacial score (nSPS) is 17.5. The maximum absolute atomic E-state index is 9.50. The van der Waals surface area contributed by atoms with Crippen molar-refractivity contribution in [3.05, 3.63) is 35.9 Å². The Kier molecular flexibility index (Phi) is 5.44. The molecule has 1 aliphatic rings. The minimum atomic E-state index is 0.0153. The van der Waals surface area contributed by atoms with Crippen molar-refractivity contribution in [2.24, 2.45) is 0 Å². The van der Waals surface area contributed by atoms with Gasteiger partial charge in [0.2, 0.25) is 0 Å².